The fraction of sp³-hybridized carbons (Fsp3) is 0.478. The van der Waals surface area contributed by atoms with Gasteiger partial charge in [-0.1, -0.05) is 0 Å². The molecule has 2 aliphatic rings. The summed E-state index contributed by atoms with van der Waals surface area (Å²) in [7, 11) is 0. The molecule has 2 saturated heterocycles. The monoisotopic (exact) mass is 483 g/mol. The number of alkyl halides is 2. The van der Waals surface area contributed by atoms with Crippen molar-refractivity contribution in [1.29, 1.82) is 0 Å². The van der Waals surface area contributed by atoms with Crippen LogP contribution in [0.4, 0.5) is 20.5 Å². The van der Waals surface area contributed by atoms with E-state index in [1.807, 2.05) is 25.1 Å². The summed E-state index contributed by atoms with van der Waals surface area (Å²) < 4.78 is 36.6. The van der Waals surface area contributed by atoms with Crippen LogP contribution in [-0.4, -0.2) is 85.3 Å². The summed E-state index contributed by atoms with van der Waals surface area (Å²) in [6.45, 7) is 4.04. The lowest BCUT2D eigenvalue weighted by atomic mass is 10.0. The lowest BCUT2D eigenvalue weighted by molar-refractivity contribution is -0.0794. The fourth-order valence-corrected chi connectivity index (χ4v) is 4.96. The van der Waals surface area contributed by atoms with Crippen molar-refractivity contribution in [2.45, 2.75) is 38.1 Å². The standard InChI is InChI=1S/C23H27F2N9O/c1-13-27-19-3-2-17(28-22(19)33(13)9-6-24)15-4-8-34-20(15)21(26)30-23(31-34)29-18-5-7-32(10-16(18)25)14-11-35-12-14/h2-4,8,14,16,18H,5-7,9-12H2,1H3,(H3,26,29,30,31)/t16-,18+/m1/s1. The van der Waals surface area contributed by atoms with E-state index >= 15 is 0 Å². The van der Waals surface area contributed by atoms with Gasteiger partial charge < -0.3 is 20.4 Å². The van der Waals surface area contributed by atoms with Crippen LogP contribution in [0.1, 0.15) is 12.2 Å². The summed E-state index contributed by atoms with van der Waals surface area (Å²) in [5, 5.41) is 7.66. The lowest BCUT2D eigenvalue weighted by Gasteiger charge is -2.42. The highest BCUT2D eigenvalue weighted by molar-refractivity contribution is 5.88. The van der Waals surface area contributed by atoms with Crippen LogP contribution >= 0.6 is 0 Å². The first kappa shape index (κ1) is 22.1. The lowest BCUT2D eigenvalue weighted by Crippen LogP contribution is -2.57. The Hall–Kier alpha value is -3.38. The number of nitrogens with zero attached hydrogens (tertiary/aromatic N) is 7. The van der Waals surface area contributed by atoms with E-state index in [1.54, 1.807) is 15.3 Å². The number of nitrogens with two attached hydrogens (primary N) is 1. The molecule has 12 heteroatoms. The molecule has 184 valence electrons. The van der Waals surface area contributed by atoms with E-state index in [9.17, 15) is 8.78 Å². The summed E-state index contributed by atoms with van der Waals surface area (Å²) in [5.41, 5.74) is 9.67. The highest BCUT2D eigenvalue weighted by atomic mass is 19.1. The molecule has 0 bridgehead atoms. The minimum Gasteiger partial charge on any atom is -0.382 e. The number of nitrogens with one attached hydrogen (secondary N) is 1. The van der Waals surface area contributed by atoms with Crippen molar-refractivity contribution >= 4 is 28.4 Å². The molecule has 6 rings (SSSR count). The van der Waals surface area contributed by atoms with Gasteiger partial charge in [0.2, 0.25) is 5.95 Å². The Labute approximate surface area is 200 Å². The third-order valence-corrected chi connectivity index (χ3v) is 6.93. The summed E-state index contributed by atoms with van der Waals surface area (Å²) in [6, 6.07) is 5.51. The van der Waals surface area contributed by atoms with Gasteiger partial charge in [-0.15, -0.1) is 5.10 Å². The number of anilines is 2. The van der Waals surface area contributed by atoms with Crippen LogP contribution in [-0.2, 0) is 11.3 Å². The summed E-state index contributed by atoms with van der Waals surface area (Å²) in [4.78, 5) is 15.8. The molecule has 0 radical (unpaired) electrons. The Kier molecular flexibility index (Phi) is 5.49. The topological polar surface area (TPSA) is 111 Å². The average Bonchev–Trinajstić information content (AvgIpc) is 3.36. The van der Waals surface area contributed by atoms with Gasteiger partial charge in [-0.25, -0.2) is 23.3 Å². The quantitative estimate of drug-likeness (QED) is 0.430. The number of halogens is 2. The predicted molar refractivity (Wildman–Crippen MR) is 128 cm³/mol. The van der Waals surface area contributed by atoms with Gasteiger partial charge in [-0.3, -0.25) is 4.90 Å². The molecule has 6 heterocycles. The molecule has 10 nitrogen and oxygen atoms in total. The van der Waals surface area contributed by atoms with Gasteiger partial charge in [0.1, 0.15) is 29.7 Å². The number of aromatic nitrogens is 6. The SMILES string of the molecule is Cc1nc2ccc(-c3ccn4nc(N[C@H]5CCN(C6COC6)C[C@H]5F)nc(N)c34)nc2n1CCF. The van der Waals surface area contributed by atoms with Crippen LogP contribution in [0.15, 0.2) is 24.4 Å². The molecular weight excluding hydrogens is 456 g/mol. The number of aryl methyl sites for hydroxylation is 2. The first-order chi connectivity index (χ1) is 17.0. The number of ether oxygens (including phenoxy) is 1. The molecule has 4 aromatic heterocycles. The van der Waals surface area contributed by atoms with Crippen LogP contribution in [0.5, 0.6) is 0 Å². The third-order valence-electron chi connectivity index (χ3n) is 6.93. The number of rotatable bonds is 6. The molecule has 0 aliphatic carbocycles. The third kappa shape index (κ3) is 3.86. The Morgan fingerprint density at radius 2 is 2.06 bits per heavy atom. The van der Waals surface area contributed by atoms with Crippen molar-refractivity contribution in [3.05, 3.63) is 30.2 Å². The number of pyridine rings is 1. The van der Waals surface area contributed by atoms with Gasteiger partial charge in [-0.05, 0) is 31.5 Å². The molecule has 0 amide bonds. The Balaban J connectivity index is 1.27. The molecule has 0 aromatic carbocycles. The molecule has 4 aromatic rings. The number of nitrogen functional groups attached to an aromatic ring is 1. The van der Waals surface area contributed by atoms with Crippen LogP contribution in [0.25, 0.3) is 27.9 Å². The van der Waals surface area contributed by atoms with E-state index in [4.69, 9.17) is 15.5 Å². The fourth-order valence-electron chi connectivity index (χ4n) is 4.96. The minimum atomic E-state index is -1.04. The van der Waals surface area contributed by atoms with E-state index in [1.165, 1.54) is 0 Å². The van der Waals surface area contributed by atoms with Crippen molar-refractivity contribution < 1.29 is 13.5 Å². The maximum atomic E-state index is 14.9. The van der Waals surface area contributed by atoms with Gasteiger partial charge in [0, 0.05) is 24.8 Å². The molecule has 0 spiro atoms. The van der Waals surface area contributed by atoms with E-state index in [0.29, 0.717) is 60.4 Å². The number of likely N-dealkylation sites (tertiary alicyclic amines) is 1. The summed E-state index contributed by atoms with van der Waals surface area (Å²) >= 11 is 0. The zero-order valence-electron chi connectivity index (χ0n) is 19.4. The second-order valence-electron chi connectivity index (χ2n) is 9.12. The van der Waals surface area contributed by atoms with Crippen molar-refractivity contribution in [1.82, 2.24) is 34.0 Å². The van der Waals surface area contributed by atoms with Gasteiger partial charge in [0.15, 0.2) is 11.5 Å². The molecule has 0 saturated carbocycles. The molecule has 0 unspecified atom stereocenters. The summed E-state index contributed by atoms with van der Waals surface area (Å²) in [6.07, 6.45) is 1.38. The smallest absolute Gasteiger partial charge is 0.243 e. The zero-order chi connectivity index (χ0) is 24.1. The van der Waals surface area contributed by atoms with Crippen LogP contribution in [0.2, 0.25) is 0 Å². The molecule has 2 atom stereocenters. The van der Waals surface area contributed by atoms with Crippen molar-refractivity contribution in [2.24, 2.45) is 0 Å². The van der Waals surface area contributed by atoms with Gasteiger partial charge in [0.05, 0.1) is 37.5 Å². The van der Waals surface area contributed by atoms with Crippen molar-refractivity contribution in [3.8, 4) is 11.3 Å². The van der Waals surface area contributed by atoms with Crippen LogP contribution < -0.4 is 11.1 Å². The highest BCUT2D eigenvalue weighted by Gasteiger charge is 2.35. The molecular formula is C23H27F2N9O. The first-order valence-corrected chi connectivity index (χ1v) is 11.8. The van der Waals surface area contributed by atoms with Crippen molar-refractivity contribution in [3.63, 3.8) is 0 Å². The second kappa shape index (κ2) is 8.68. The number of hydrogen-bond donors (Lipinski definition) is 2. The van der Waals surface area contributed by atoms with Gasteiger partial charge >= 0.3 is 0 Å². The second-order valence-corrected chi connectivity index (χ2v) is 9.12. The molecule has 3 N–H and O–H groups in total. The Bertz CT molecular complexity index is 1380. The maximum absolute atomic E-state index is 14.9. The van der Waals surface area contributed by atoms with Crippen molar-refractivity contribution in [2.75, 3.05) is 44.0 Å². The first-order valence-electron chi connectivity index (χ1n) is 11.8. The minimum absolute atomic E-state index is 0.193. The van der Waals surface area contributed by atoms with E-state index < -0.39 is 12.8 Å². The number of imidazole rings is 1. The maximum Gasteiger partial charge on any atom is 0.243 e. The zero-order valence-corrected chi connectivity index (χ0v) is 19.4. The molecule has 2 fully saturated rings. The summed E-state index contributed by atoms with van der Waals surface area (Å²) in [5.74, 6) is 1.25. The number of hydrogen-bond acceptors (Lipinski definition) is 8. The Morgan fingerprint density at radius 3 is 2.80 bits per heavy atom. The van der Waals surface area contributed by atoms with E-state index in [2.05, 4.69) is 25.3 Å². The average molecular weight is 484 g/mol. The van der Waals surface area contributed by atoms with Crippen LogP contribution in [0, 0.1) is 6.92 Å². The largest absolute Gasteiger partial charge is 0.382 e. The number of fused-ring (bicyclic) bond motifs is 2. The van der Waals surface area contributed by atoms with E-state index in [0.717, 1.165) is 12.1 Å². The van der Waals surface area contributed by atoms with Crippen LogP contribution in [0.3, 0.4) is 0 Å². The predicted octanol–water partition coefficient (Wildman–Crippen LogP) is 2.22. The van der Waals surface area contributed by atoms with E-state index in [-0.39, 0.29) is 24.4 Å². The van der Waals surface area contributed by atoms with Gasteiger partial charge in [-0.2, -0.15) is 4.98 Å². The highest BCUT2D eigenvalue weighted by Crippen LogP contribution is 2.30. The molecule has 35 heavy (non-hydrogen) atoms. The number of piperidine rings is 1. The normalized spacial score (nSPS) is 21.6. The molecule has 2 aliphatic heterocycles. The van der Waals surface area contributed by atoms with Gasteiger partial charge in [0.25, 0.3) is 0 Å². The Morgan fingerprint density at radius 1 is 1.20 bits per heavy atom.